The summed E-state index contributed by atoms with van der Waals surface area (Å²) in [6, 6.07) is 9.61. The molecule has 0 unspecified atom stereocenters. The quantitative estimate of drug-likeness (QED) is 0.455. The van der Waals surface area contributed by atoms with Crippen molar-refractivity contribution in [2.45, 2.75) is 0 Å². The molecule has 1 N–H and O–H groups in total. The fourth-order valence-electron chi connectivity index (χ4n) is 0.959. The van der Waals surface area contributed by atoms with Crippen LogP contribution in [0.3, 0.4) is 0 Å². The molecule has 4 nitrogen and oxygen atoms in total. The summed E-state index contributed by atoms with van der Waals surface area (Å²) in [5.74, 6) is -1.89. The van der Waals surface area contributed by atoms with Gasteiger partial charge in [-0.1, -0.05) is 30.3 Å². The Morgan fingerprint density at radius 3 is 2.33 bits per heavy atom. The Bertz CT molecular complexity index is 454. The van der Waals surface area contributed by atoms with Crippen LogP contribution in [-0.2, 0) is 4.79 Å². The van der Waals surface area contributed by atoms with Gasteiger partial charge in [-0.3, -0.25) is 4.79 Å². The number of nitrogens with zero attached hydrogens (tertiary/aromatic N) is 1. The van der Waals surface area contributed by atoms with Crippen molar-refractivity contribution >= 4 is 11.8 Å². The third-order valence-electron chi connectivity index (χ3n) is 1.68. The number of carbonyl (C=O) groups excluding carboxylic acids is 1. The van der Waals surface area contributed by atoms with Gasteiger partial charge in [-0.15, -0.1) is 0 Å². The van der Waals surface area contributed by atoms with Gasteiger partial charge in [-0.2, -0.15) is 5.26 Å². The Hall–Kier alpha value is -2.41. The molecule has 0 amide bonds. The van der Waals surface area contributed by atoms with E-state index in [-0.39, 0.29) is 0 Å². The lowest BCUT2D eigenvalue weighted by Crippen LogP contribution is -2.02. The normalized spacial score (nSPS) is 10.5. The number of allylic oxidation sites excluding steroid dienone is 1. The lowest BCUT2D eigenvalue weighted by atomic mass is 10.1. The molecule has 0 aliphatic rings. The Balaban J connectivity index is 2.98. The summed E-state index contributed by atoms with van der Waals surface area (Å²) in [5.41, 5.74) is -0.213. The number of rotatable bonds is 3. The molecule has 1 aromatic rings. The maximum atomic E-state index is 11.4. The fraction of sp³-hybridized carbons (Fsp3) is 0. The third-order valence-corrected chi connectivity index (χ3v) is 1.68. The number of nitriles is 1. The van der Waals surface area contributed by atoms with Crippen LogP contribution in [-0.4, -0.2) is 16.9 Å². The van der Waals surface area contributed by atoms with Crippen LogP contribution in [0.4, 0.5) is 0 Å². The first-order valence-corrected chi connectivity index (χ1v) is 4.09. The van der Waals surface area contributed by atoms with E-state index < -0.39 is 17.3 Å². The molecule has 0 saturated heterocycles. The van der Waals surface area contributed by atoms with Gasteiger partial charge in [0.05, 0.1) is 0 Å². The Kier molecular flexibility index (Phi) is 3.36. The second kappa shape index (κ2) is 4.72. The van der Waals surface area contributed by atoms with Gasteiger partial charge in [0.15, 0.2) is 5.78 Å². The molecule has 15 heavy (non-hydrogen) atoms. The maximum absolute atomic E-state index is 11.4. The minimum absolute atomic E-state index is 0.353. The van der Waals surface area contributed by atoms with Crippen LogP contribution in [0.1, 0.15) is 10.4 Å². The zero-order valence-electron chi connectivity index (χ0n) is 7.68. The topological polar surface area (TPSA) is 78.2 Å². The molecule has 0 aliphatic heterocycles. The summed E-state index contributed by atoms with van der Waals surface area (Å²) in [7, 11) is 0. The molecule has 1 rings (SSSR count). The molecule has 0 saturated carbocycles. The second-order valence-electron chi connectivity index (χ2n) is 2.71. The molecule has 0 aliphatic carbocycles. The summed E-state index contributed by atoms with van der Waals surface area (Å²) < 4.78 is 0. The van der Waals surface area contributed by atoms with Crippen LogP contribution in [0.25, 0.3) is 0 Å². The molecular weight excluding hydrogens is 194 g/mol. The van der Waals surface area contributed by atoms with Crippen molar-refractivity contribution in [3.8, 4) is 6.07 Å². The van der Waals surface area contributed by atoms with Gasteiger partial charge >= 0.3 is 5.97 Å². The van der Waals surface area contributed by atoms with Crippen LogP contribution < -0.4 is 0 Å². The van der Waals surface area contributed by atoms with Crippen molar-refractivity contribution < 1.29 is 14.7 Å². The van der Waals surface area contributed by atoms with Crippen molar-refractivity contribution in [1.29, 1.82) is 5.26 Å². The minimum atomic E-state index is -1.40. The largest absolute Gasteiger partial charge is 0.477 e. The van der Waals surface area contributed by atoms with E-state index in [1.807, 2.05) is 0 Å². The van der Waals surface area contributed by atoms with Gasteiger partial charge in [-0.05, 0) is 0 Å². The van der Waals surface area contributed by atoms with E-state index in [1.165, 1.54) is 6.07 Å². The number of hydrogen-bond acceptors (Lipinski definition) is 3. The SMILES string of the molecule is N#C/C(=C\C(=O)c1ccccc1)C(=O)O. The number of ketones is 1. The predicted octanol–water partition coefficient (Wildman–Crippen LogP) is 1.40. The summed E-state index contributed by atoms with van der Waals surface area (Å²) in [6.07, 6.45) is 0.817. The van der Waals surface area contributed by atoms with Gasteiger partial charge in [0.1, 0.15) is 11.6 Å². The number of benzene rings is 1. The highest BCUT2D eigenvalue weighted by atomic mass is 16.4. The van der Waals surface area contributed by atoms with E-state index >= 15 is 0 Å². The van der Waals surface area contributed by atoms with Crippen LogP contribution in [0, 0.1) is 11.3 Å². The highest BCUT2D eigenvalue weighted by molar-refractivity contribution is 6.09. The Morgan fingerprint density at radius 1 is 1.27 bits per heavy atom. The lowest BCUT2D eigenvalue weighted by molar-refractivity contribution is -0.132. The van der Waals surface area contributed by atoms with Gasteiger partial charge in [-0.25, -0.2) is 4.79 Å². The van der Waals surface area contributed by atoms with E-state index in [1.54, 1.807) is 30.3 Å². The first-order valence-electron chi connectivity index (χ1n) is 4.09. The number of aliphatic carboxylic acids is 1. The van der Waals surface area contributed by atoms with E-state index in [9.17, 15) is 9.59 Å². The van der Waals surface area contributed by atoms with Gasteiger partial charge in [0, 0.05) is 11.6 Å². The fourth-order valence-corrected chi connectivity index (χ4v) is 0.959. The van der Waals surface area contributed by atoms with Crippen LogP contribution >= 0.6 is 0 Å². The molecule has 0 aromatic heterocycles. The number of carboxylic acids is 1. The summed E-state index contributed by atoms with van der Waals surface area (Å²) in [5, 5.41) is 17.0. The third kappa shape index (κ3) is 2.78. The van der Waals surface area contributed by atoms with Crippen LogP contribution in [0.5, 0.6) is 0 Å². The molecule has 0 fully saturated rings. The molecule has 74 valence electrons. The lowest BCUT2D eigenvalue weighted by Gasteiger charge is -1.94. The summed E-state index contributed by atoms with van der Waals surface area (Å²) >= 11 is 0. The Morgan fingerprint density at radius 2 is 1.87 bits per heavy atom. The van der Waals surface area contributed by atoms with E-state index in [0.717, 1.165) is 6.08 Å². The van der Waals surface area contributed by atoms with Crippen molar-refractivity contribution in [3.63, 3.8) is 0 Å². The molecule has 0 bridgehead atoms. The molecular formula is C11H7NO3. The average molecular weight is 201 g/mol. The molecule has 0 spiro atoms. The van der Waals surface area contributed by atoms with Crippen LogP contribution in [0.15, 0.2) is 42.0 Å². The van der Waals surface area contributed by atoms with E-state index in [0.29, 0.717) is 5.56 Å². The monoisotopic (exact) mass is 201 g/mol. The van der Waals surface area contributed by atoms with Gasteiger partial charge in [0.25, 0.3) is 0 Å². The molecule has 0 radical (unpaired) electrons. The van der Waals surface area contributed by atoms with Crippen LogP contribution in [0.2, 0.25) is 0 Å². The van der Waals surface area contributed by atoms with Crippen molar-refractivity contribution in [3.05, 3.63) is 47.5 Å². The predicted molar refractivity (Wildman–Crippen MR) is 52.1 cm³/mol. The number of carbonyl (C=O) groups is 2. The standard InChI is InChI=1S/C11H7NO3/c12-7-9(11(14)15)6-10(13)8-4-2-1-3-5-8/h1-6H,(H,14,15)/b9-6+. The zero-order chi connectivity index (χ0) is 11.3. The highest BCUT2D eigenvalue weighted by Gasteiger charge is 2.09. The molecule has 4 heteroatoms. The average Bonchev–Trinajstić information content (AvgIpc) is 2.26. The van der Waals surface area contributed by atoms with E-state index in [2.05, 4.69) is 0 Å². The highest BCUT2D eigenvalue weighted by Crippen LogP contribution is 2.03. The molecule has 0 heterocycles. The number of carboxylic acid groups (broad SMARTS) is 1. The first kappa shape index (κ1) is 10.7. The van der Waals surface area contributed by atoms with Gasteiger partial charge in [0.2, 0.25) is 0 Å². The molecule has 0 atom stereocenters. The molecule has 1 aromatic carbocycles. The minimum Gasteiger partial charge on any atom is -0.477 e. The smallest absolute Gasteiger partial charge is 0.346 e. The van der Waals surface area contributed by atoms with Crippen molar-refractivity contribution in [1.82, 2.24) is 0 Å². The van der Waals surface area contributed by atoms with Gasteiger partial charge < -0.3 is 5.11 Å². The maximum Gasteiger partial charge on any atom is 0.346 e. The van der Waals surface area contributed by atoms with Crippen molar-refractivity contribution in [2.75, 3.05) is 0 Å². The first-order chi connectivity index (χ1) is 7.15. The number of hydrogen-bond donors (Lipinski definition) is 1. The summed E-state index contributed by atoms with van der Waals surface area (Å²) in [4.78, 5) is 21.9. The van der Waals surface area contributed by atoms with Crippen molar-refractivity contribution in [2.24, 2.45) is 0 Å². The second-order valence-corrected chi connectivity index (χ2v) is 2.71. The zero-order valence-corrected chi connectivity index (χ0v) is 7.68. The Labute approximate surface area is 86.1 Å². The van der Waals surface area contributed by atoms with E-state index in [4.69, 9.17) is 10.4 Å². The summed E-state index contributed by atoms with van der Waals surface area (Å²) in [6.45, 7) is 0.